The minimum atomic E-state index is 0.0453. The number of thiocarbonyl (C=S) groups is 1. The number of ether oxygens (including phenoxy) is 1. The van der Waals surface area contributed by atoms with Gasteiger partial charge in [0.1, 0.15) is 5.75 Å². The van der Waals surface area contributed by atoms with Crippen LogP contribution in [0.2, 0.25) is 0 Å². The van der Waals surface area contributed by atoms with E-state index in [1.54, 1.807) is 7.11 Å². The van der Waals surface area contributed by atoms with Crippen molar-refractivity contribution in [3.63, 3.8) is 0 Å². The highest BCUT2D eigenvalue weighted by Crippen LogP contribution is 2.39. The predicted octanol–water partition coefficient (Wildman–Crippen LogP) is 5.88. The van der Waals surface area contributed by atoms with E-state index in [0.717, 1.165) is 16.5 Å². The number of rotatable bonds is 5. The molecule has 4 aromatic rings. The molecular formula is C23H20N4O2S. The van der Waals surface area contributed by atoms with Gasteiger partial charge in [0.25, 0.3) is 0 Å². The molecule has 4 rings (SSSR count). The van der Waals surface area contributed by atoms with Crippen LogP contribution in [0.15, 0.2) is 89.1 Å². The van der Waals surface area contributed by atoms with Gasteiger partial charge in [-0.25, -0.2) is 0 Å². The molecule has 1 heterocycles. The highest BCUT2D eigenvalue weighted by Gasteiger charge is 2.16. The molecule has 0 aliphatic carbocycles. The summed E-state index contributed by atoms with van der Waals surface area (Å²) in [4.78, 5) is 0. The van der Waals surface area contributed by atoms with Gasteiger partial charge in [0, 0.05) is 5.39 Å². The fourth-order valence-corrected chi connectivity index (χ4v) is 3.43. The van der Waals surface area contributed by atoms with Gasteiger partial charge in [-0.1, -0.05) is 60.7 Å². The monoisotopic (exact) mass is 416 g/mol. The van der Waals surface area contributed by atoms with Crippen LogP contribution < -0.4 is 10.1 Å². The molecule has 6 nitrogen and oxygen atoms in total. The van der Waals surface area contributed by atoms with Crippen LogP contribution in [-0.2, 0) is 6.54 Å². The molecule has 0 saturated carbocycles. The Morgan fingerprint density at radius 3 is 2.50 bits per heavy atom. The van der Waals surface area contributed by atoms with Crippen LogP contribution >= 0.6 is 12.2 Å². The fraction of sp³-hybridized carbons (Fsp3) is 0.0870. The number of hydrogen-bond donors (Lipinski definition) is 2. The summed E-state index contributed by atoms with van der Waals surface area (Å²) in [6, 6.07) is 25.0. The molecule has 1 aromatic heterocycles. The van der Waals surface area contributed by atoms with E-state index < -0.39 is 0 Å². The molecule has 0 fully saturated rings. The van der Waals surface area contributed by atoms with Gasteiger partial charge in [0.2, 0.25) is 11.0 Å². The lowest BCUT2D eigenvalue weighted by Gasteiger charge is -2.08. The fourth-order valence-electron chi connectivity index (χ4n) is 3.28. The quantitative estimate of drug-likeness (QED) is 0.315. The van der Waals surface area contributed by atoms with Crippen LogP contribution in [0, 0.1) is 0 Å². The molecule has 30 heavy (non-hydrogen) atoms. The van der Waals surface area contributed by atoms with E-state index in [4.69, 9.17) is 17.0 Å². The Bertz CT molecular complexity index is 1220. The molecule has 0 spiro atoms. The maximum Gasteiger partial charge on any atom is 0.221 e. The van der Waals surface area contributed by atoms with E-state index in [0.29, 0.717) is 23.7 Å². The van der Waals surface area contributed by atoms with E-state index >= 15 is 0 Å². The van der Waals surface area contributed by atoms with Crippen LogP contribution in [0.4, 0.5) is 11.4 Å². The SMILES string of the molecule is COc1ccccc1NC(=S)N=Nc1c(O)n(Cc2ccccc2)c2ccccc12. The minimum absolute atomic E-state index is 0.0453. The first-order chi connectivity index (χ1) is 14.7. The Labute approximate surface area is 179 Å². The lowest BCUT2D eigenvalue weighted by Crippen LogP contribution is -2.06. The lowest BCUT2D eigenvalue weighted by molar-refractivity contribution is 0.417. The van der Waals surface area contributed by atoms with Crippen LogP contribution in [-0.4, -0.2) is 21.9 Å². The van der Waals surface area contributed by atoms with Crippen LogP contribution in [0.1, 0.15) is 5.56 Å². The molecule has 0 bridgehead atoms. The summed E-state index contributed by atoms with van der Waals surface area (Å²) in [6.07, 6.45) is 0. The smallest absolute Gasteiger partial charge is 0.221 e. The topological polar surface area (TPSA) is 71.1 Å². The van der Waals surface area contributed by atoms with Crippen molar-refractivity contribution in [2.24, 2.45) is 10.2 Å². The number of azo groups is 1. The Hall–Kier alpha value is -3.71. The average Bonchev–Trinajstić information content (AvgIpc) is 3.04. The molecule has 7 heteroatoms. The van der Waals surface area contributed by atoms with Crippen LogP contribution in [0.25, 0.3) is 10.9 Å². The van der Waals surface area contributed by atoms with Gasteiger partial charge in [-0.2, -0.15) is 0 Å². The molecule has 0 amide bonds. The Morgan fingerprint density at radius 1 is 1.00 bits per heavy atom. The Kier molecular flexibility index (Phi) is 5.72. The van der Waals surface area contributed by atoms with E-state index in [-0.39, 0.29) is 11.0 Å². The Balaban J connectivity index is 1.64. The molecule has 150 valence electrons. The van der Waals surface area contributed by atoms with Gasteiger partial charge in [0.05, 0.1) is 24.9 Å². The molecule has 0 aliphatic rings. The van der Waals surface area contributed by atoms with Gasteiger partial charge in [-0.15, -0.1) is 10.2 Å². The third-order valence-electron chi connectivity index (χ3n) is 4.69. The van der Waals surface area contributed by atoms with Gasteiger partial charge in [-0.05, 0) is 36.0 Å². The summed E-state index contributed by atoms with van der Waals surface area (Å²) in [5.41, 5.74) is 3.02. The molecule has 0 unspecified atom stereocenters. The van der Waals surface area contributed by atoms with E-state index in [1.807, 2.05) is 83.4 Å². The molecule has 0 atom stereocenters. The van der Waals surface area contributed by atoms with Gasteiger partial charge < -0.3 is 19.7 Å². The van der Waals surface area contributed by atoms with Crippen LogP contribution in [0.3, 0.4) is 0 Å². The van der Waals surface area contributed by atoms with Crippen molar-refractivity contribution in [1.82, 2.24) is 4.57 Å². The summed E-state index contributed by atoms with van der Waals surface area (Å²) in [6.45, 7) is 0.520. The summed E-state index contributed by atoms with van der Waals surface area (Å²) in [5, 5.41) is 23.2. The molecule has 2 N–H and O–H groups in total. The normalized spacial score (nSPS) is 11.1. The zero-order valence-corrected chi connectivity index (χ0v) is 17.1. The van der Waals surface area contributed by atoms with E-state index in [1.165, 1.54) is 0 Å². The number of para-hydroxylation sites is 3. The number of nitrogens with one attached hydrogen (secondary N) is 1. The number of benzene rings is 3. The maximum absolute atomic E-state index is 10.9. The zero-order chi connectivity index (χ0) is 20.9. The van der Waals surface area contributed by atoms with Crippen molar-refractivity contribution < 1.29 is 9.84 Å². The third kappa shape index (κ3) is 4.01. The number of methoxy groups -OCH3 is 1. The van der Waals surface area contributed by atoms with Gasteiger partial charge in [-0.3, -0.25) is 0 Å². The molecule has 3 aromatic carbocycles. The number of anilines is 1. The summed E-state index contributed by atoms with van der Waals surface area (Å²) >= 11 is 5.30. The standard InChI is InChI=1S/C23H20N4O2S/c1-29-20-14-8-6-12-18(20)24-23(30)26-25-21-17-11-5-7-13-19(17)27(22(21)28)15-16-9-3-2-4-10-16/h2-14,28H,15H2,1H3,(H,24,30). The average molecular weight is 417 g/mol. The second kappa shape index (κ2) is 8.75. The van der Waals surface area contributed by atoms with E-state index in [2.05, 4.69) is 15.5 Å². The van der Waals surface area contributed by atoms with E-state index in [9.17, 15) is 5.11 Å². The van der Waals surface area contributed by atoms with Crippen molar-refractivity contribution in [3.05, 3.63) is 84.4 Å². The van der Waals surface area contributed by atoms with Crippen molar-refractivity contribution in [1.29, 1.82) is 0 Å². The molecular weight excluding hydrogens is 396 g/mol. The first-order valence-electron chi connectivity index (χ1n) is 9.37. The minimum Gasteiger partial charge on any atom is -0.495 e. The first-order valence-corrected chi connectivity index (χ1v) is 9.78. The van der Waals surface area contributed by atoms with Gasteiger partial charge >= 0.3 is 0 Å². The second-order valence-electron chi connectivity index (χ2n) is 6.59. The number of nitrogens with zero attached hydrogens (tertiary/aromatic N) is 3. The first kappa shape index (κ1) is 19.6. The summed E-state index contributed by atoms with van der Waals surface area (Å²) in [7, 11) is 1.59. The van der Waals surface area contributed by atoms with Crippen LogP contribution in [0.5, 0.6) is 11.6 Å². The molecule has 0 saturated heterocycles. The third-order valence-corrected chi connectivity index (χ3v) is 4.87. The number of fused-ring (bicyclic) bond motifs is 1. The van der Waals surface area contributed by atoms with Crippen molar-refractivity contribution in [3.8, 4) is 11.6 Å². The summed E-state index contributed by atoms with van der Waals surface area (Å²) in [5.74, 6) is 0.696. The molecule has 0 radical (unpaired) electrons. The predicted molar refractivity (Wildman–Crippen MR) is 123 cm³/mol. The number of hydrogen-bond acceptors (Lipinski definition) is 4. The zero-order valence-electron chi connectivity index (χ0n) is 16.3. The number of aromatic nitrogens is 1. The maximum atomic E-state index is 10.9. The van der Waals surface area contributed by atoms with Gasteiger partial charge in [0.15, 0.2) is 5.69 Å². The van der Waals surface area contributed by atoms with Crippen molar-refractivity contribution >= 4 is 39.6 Å². The molecule has 0 aliphatic heterocycles. The Morgan fingerprint density at radius 2 is 1.70 bits per heavy atom. The second-order valence-corrected chi connectivity index (χ2v) is 6.98. The number of aromatic hydroxyl groups is 1. The highest BCUT2D eigenvalue weighted by molar-refractivity contribution is 7.80. The van der Waals surface area contributed by atoms with Crippen molar-refractivity contribution in [2.45, 2.75) is 6.54 Å². The lowest BCUT2D eigenvalue weighted by atomic mass is 10.2. The summed E-state index contributed by atoms with van der Waals surface area (Å²) < 4.78 is 7.12. The largest absolute Gasteiger partial charge is 0.495 e. The highest BCUT2D eigenvalue weighted by atomic mass is 32.1. The van der Waals surface area contributed by atoms with Crippen molar-refractivity contribution in [2.75, 3.05) is 12.4 Å².